The number of hydrogen-bond donors (Lipinski definition) is 0. The first-order valence-electron chi connectivity index (χ1n) is 7.25. The van der Waals surface area contributed by atoms with E-state index in [9.17, 15) is 4.79 Å². The molecular formula is C18H18O5. The number of methoxy groups -OCH3 is 2. The largest absolute Gasteiger partial charge is 0.497 e. The molecule has 1 aliphatic rings. The lowest BCUT2D eigenvalue weighted by Crippen LogP contribution is -2.44. The highest BCUT2D eigenvalue weighted by atomic mass is 16.7. The van der Waals surface area contributed by atoms with Crippen molar-refractivity contribution in [2.24, 2.45) is 0 Å². The van der Waals surface area contributed by atoms with Gasteiger partial charge >= 0.3 is 12.3 Å². The molecule has 5 heteroatoms. The summed E-state index contributed by atoms with van der Waals surface area (Å²) >= 11 is 0. The summed E-state index contributed by atoms with van der Waals surface area (Å²) in [5.74, 6) is 0.682. The smallest absolute Gasteiger partial charge is 0.376 e. The van der Waals surface area contributed by atoms with Crippen LogP contribution in [0.2, 0.25) is 0 Å². The Hall–Kier alpha value is -2.53. The van der Waals surface area contributed by atoms with Crippen LogP contribution in [0.1, 0.15) is 18.1 Å². The zero-order chi connectivity index (χ0) is 16.4. The second kappa shape index (κ2) is 5.93. The zero-order valence-corrected chi connectivity index (χ0v) is 13.2. The third-order valence-corrected chi connectivity index (χ3v) is 4.00. The molecule has 0 unspecified atom stereocenters. The molecule has 5 nitrogen and oxygen atoms in total. The van der Waals surface area contributed by atoms with Gasteiger partial charge in [-0.05, 0) is 30.7 Å². The number of rotatable bonds is 3. The summed E-state index contributed by atoms with van der Waals surface area (Å²) in [5.41, 5.74) is 0.845. The molecule has 0 amide bonds. The highest BCUT2D eigenvalue weighted by Crippen LogP contribution is 2.45. The van der Waals surface area contributed by atoms with E-state index in [0.717, 1.165) is 11.1 Å². The maximum atomic E-state index is 11.9. The molecule has 0 N–H and O–H groups in total. The fourth-order valence-corrected chi connectivity index (χ4v) is 2.70. The number of carbonyl (C=O) groups excluding carboxylic acids is 1. The number of carbonyl (C=O) groups is 1. The Bertz CT molecular complexity index is 713. The van der Waals surface area contributed by atoms with Crippen molar-refractivity contribution < 1.29 is 23.7 Å². The number of benzene rings is 2. The van der Waals surface area contributed by atoms with Gasteiger partial charge in [0.1, 0.15) is 17.1 Å². The predicted octanol–water partition coefficient (Wildman–Crippen LogP) is 2.87. The summed E-state index contributed by atoms with van der Waals surface area (Å²) in [6.07, 6.45) is -1.12. The molecule has 120 valence electrons. The molecule has 0 fully saturated rings. The molecule has 0 spiro atoms. The highest BCUT2D eigenvalue weighted by molar-refractivity contribution is 5.74. The highest BCUT2D eigenvalue weighted by Gasteiger charge is 2.43. The van der Waals surface area contributed by atoms with E-state index < -0.39 is 17.9 Å². The average molecular weight is 314 g/mol. The maximum Gasteiger partial charge on any atom is 0.376 e. The van der Waals surface area contributed by atoms with Crippen molar-refractivity contribution in [2.45, 2.75) is 18.8 Å². The van der Waals surface area contributed by atoms with Crippen molar-refractivity contribution in [3.05, 3.63) is 59.7 Å². The van der Waals surface area contributed by atoms with Crippen molar-refractivity contribution in [3.63, 3.8) is 0 Å². The van der Waals surface area contributed by atoms with E-state index in [1.165, 1.54) is 7.11 Å². The van der Waals surface area contributed by atoms with E-state index in [0.29, 0.717) is 11.5 Å². The topological polar surface area (TPSA) is 54.0 Å². The van der Waals surface area contributed by atoms with Crippen LogP contribution >= 0.6 is 0 Å². The first kappa shape index (κ1) is 15.4. The minimum atomic E-state index is -1.12. The van der Waals surface area contributed by atoms with Crippen molar-refractivity contribution in [3.8, 4) is 11.5 Å². The van der Waals surface area contributed by atoms with Crippen LogP contribution in [0.5, 0.6) is 11.5 Å². The summed E-state index contributed by atoms with van der Waals surface area (Å²) < 4.78 is 21.7. The number of esters is 1. The minimum absolute atomic E-state index is 0.568. The standard InChI is InChI=1S/C18H18O5/c1-18(12-7-5-4-6-8-12)14-11-13(20-2)9-10-15(14)22-17(23-18)16(19)21-3/h4-11,17H,1-3H3/t17-,18-/m0/s1. The lowest BCUT2D eigenvalue weighted by atomic mass is 9.86. The molecule has 0 saturated heterocycles. The van der Waals surface area contributed by atoms with Crippen molar-refractivity contribution in [1.82, 2.24) is 0 Å². The molecular weight excluding hydrogens is 296 g/mol. The van der Waals surface area contributed by atoms with E-state index in [-0.39, 0.29) is 0 Å². The lowest BCUT2D eigenvalue weighted by molar-refractivity contribution is -0.203. The van der Waals surface area contributed by atoms with E-state index in [4.69, 9.17) is 18.9 Å². The monoisotopic (exact) mass is 314 g/mol. The van der Waals surface area contributed by atoms with Crippen LogP contribution in [0.4, 0.5) is 0 Å². The van der Waals surface area contributed by atoms with Gasteiger partial charge in [-0.15, -0.1) is 0 Å². The Morgan fingerprint density at radius 3 is 2.52 bits per heavy atom. The van der Waals surface area contributed by atoms with Gasteiger partial charge in [0.2, 0.25) is 0 Å². The van der Waals surface area contributed by atoms with Crippen molar-refractivity contribution in [1.29, 1.82) is 0 Å². The summed E-state index contributed by atoms with van der Waals surface area (Å²) in [6.45, 7) is 1.90. The quantitative estimate of drug-likeness (QED) is 0.815. The SMILES string of the molecule is COC(=O)[C@H]1Oc2ccc(OC)cc2[C@](C)(c2ccccc2)O1. The Balaban J connectivity index is 2.15. The van der Waals surface area contributed by atoms with E-state index in [1.807, 2.05) is 43.3 Å². The second-order valence-electron chi connectivity index (χ2n) is 5.35. The summed E-state index contributed by atoms with van der Waals surface area (Å²) in [5, 5.41) is 0. The molecule has 2 aromatic rings. The molecule has 1 heterocycles. The van der Waals surface area contributed by atoms with Gasteiger partial charge in [-0.25, -0.2) is 4.79 Å². The zero-order valence-electron chi connectivity index (χ0n) is 13.2. The summed E-state index contributed by atoms with van der Waals surface area (Å²) in [4.78, 5) is 11.9. The number of fused-ring (bicyclic) bond motifs is 1. The maximum absolute atomic E-state index is 11.9. The van der Waals surface area contributed by atoms with Crippen molar-refractivity contribution >= 4 is 5.97 Å². The van der Waals surface area contributed by atoms with E-state index in [2.05, 4.69) is 0 Å². The van der Waals surface area contributed by atoms with Crippen molar-refractivity contribution in [2.75, 3.05) is 14.2 Å². The Labute approximate surface area is 134 Å². The lowest BCUT2D eigenvalue weighted by Gasteiger charge is -2.39. The molecule has 0 aliphatic carbocycles. The first-order valence-corrected chi connectivity index (χ1v) is 7.25. The van der Waals surface area contributed by atoms with Gasteiger partial charge in [-0.3, -0.25) is 0 Å². The molecule has 2 aromatic carbocycles. The average Bonchev–Trinajstić information content (AvgIpc) is 2.61. The molecule has 1 aliphatic heterocycles. The normalized spacial score (nSPS) is 22.7. The van der Waals surface area contributed by atoms with Crippen LogP contribution in [-0.4, -0.2) is 26.5 Å². The fraction of sp³-hybridized carbons (Fsp3) is 0.278. The molecule has 0 saturated carbocycles. The van der Waals surface area contributed by atoms with Crippen LogP contribution < -0.4 is 9.47 Å². The van der Waals surface area contributed by atoms with Crippen LogP contribution in [0, 0.1) is 0 Å². The Morgan fingerprint density at radius 2 is 1.87 bits per heavy atom. The van der Waals surface area contributed by atoms with Gasteiger partial charge in [0, 0.05) is 5.56 Å². The van der Waals surface area contributed by atoms with Crippen LogP contribution in [0.15, 0.2) is 48.5 Å². The molecule has 2 atom stereocenters. The Kier molecular flexibility index (Phi) is 3.96. The molecule has 0 radical (unpaired) electrons. The van der Waals surface area contributed by atoms with Crippen LogP contribution in [0.25, 0.3) is 0 Å². The van der Waals surface area contributed by atoms with Gasteiger partial charge in [-0.1, -0.05) is 30.3 Å². The van der Waals surface area contributed by atoms with Crippen LogP contribution in [0.3, 0.4) is 0 Å². The fourth-order valence-electron chi connectivity index (χ4n) is 2.70. The Morgan fingerprint density at radius 1 is 1.13 bits per heavy atom. The van der Waals surface area contributed by atoms with Gasteiger partial charge in [0.15, 0.2) is 0 Å². The second-order valence-corrected chi connectivity index (χ2v) is 5.35. The first-order chi connectivity index (χ1) is 11.1. The number of hydrogen-bond acceptors (Lipinski definition) is 5. The summed E-state index contributed by atoms with van der Waals surface area (Å²) in [6, 6.07) is 15.1. The molecule has 0 aromatic heterocycles. The van der Waals surface area contributed by atoms with Gasteiger partial charge in [0.05, 0.1) is 14.2 Å². The summed E-state index contributed by atoms with van der Waals surface area (Å²) in [7, 11) is 2.90. The predicted molar refractivity (Wildman–Crippen MR) is 83.4 cm³/mol. The third kappa shape index (κ3) is 2.64. The van der Waals surface area contributed by atoms with Gasteiger partial charge in [-0.2, -0.15) is 0 Å². The van der Waals surface area contributed by atoms with Crippen LogP contribution in [-0.2, 0) is 19.9 Å². The van der Waals surface area contributed by atoms with Gasteiger partial charge in [0.25, 0.3) is 0 Å². The molecule has 0 bridgehead atoms. The molecule has 3 rings (SSSR count). The van der Waals surface area contributed by atoms with E-state index >= 15 is 0 Å². The van der Waals surface area contributed by atoms with Gasteiger partial charge < -0.3 is 18.9 Å². The van der Waals surface area contributed by atoms with E-state index in [1.54, 1.807) is 19.2 Å². The minimum Gasteiger partial charge on any atom is -0.497 e. The molecule has 23 heavy (non-hydrogen) atoms. The third-order valence-electron chi connectivity index (χ3n) is 4.00. The number of ether oxygens (including phenoxy) is 4.